The zero-order valence-electron chi connectivity index (χ0n) is 10.2. The molecule has 0 spiro atoms. The average Bonchev–Trinajstić information content (AvgIpc) is 2.86. The highest BCUT2D eigenvalue weighted by Gasteiger charge is 2.22. The zero-order chi connectivity index (χ0) is 13.4. The third-order valence-electron chi connectivity index (χ3n) is 3.38. The third-order valence-corrected chi connectivity index (χ3v) is 3.87. The summed E-state index contributed by atoms with van der Waals surface area (Å²) >= 11 is 3.25. The molecule has 1 unspecified atom stereocenters. The molecule has 2 N–H and O–H groups in total. The molecule has 1 heterocycles. The van der Waals surface area contributed by atoms with E-state index >= 15 is 0 Å². The van der Waals surface area contributed by atoms with Gasteiger partial charge in [0.15, 0.2) is 0 Å². The molecule has 2 nitrogen and oxygen atoms in total. The van der Waals surface area contributed by atoms with Gasteiger partial charge in [-0.25, -0.2) is 4.39 Å². The summed E-state index contributed by atoms with van der Waals surface area (Å²) in [5.41, 5.74) is 8.67. The first-order valence-corrected chi connectivity index (χ1v) is 6.91. The molecule has 0 saturated heterocycles. The maximum Gasteiger partial charge on any atom is 0.129 e. The standard InChI is InChI=1S/C15H13BrFNO/c16-10-4-5-11(13(17)8-10)14(18)12-3-1-2-9-6-7-19-15(9)12/h1-5,8,14H,6-7,18H2. The SMILES string of the molecule is NC(c1ccc(Br)cc1F)c1cccc2c1OCC2. The molecule has 0 radical (unpaired) electrons. The summed E-state index contributed by atoms with van der Waals surface area (Å²) in [6.45, 7) is 0.669. The Morgan fingerprint density at radius 2 is 2.05 bits per heavy atom. The van der Waals surface area contributed by atoms with Gasteiger partial charge in [-0.3, -0.25) is 0 Å². The molecule has 2 aromatic rings. The lowest BCUT2D eigenvalue weighted by Gasteiger charge is -2.16. The van der Waals surface area contributed by atoms with Crippen molar-refractivity contribution in [3.63, 3.8) is 0 Å². The van der Waals surface area contributed by atoms with E-state index in [4.69, 9.17) is 10.5 Å². The van der Waals surface area contributed by atoms with E-state index in [0.29, 0.717) is 16.6 Å². The summed E-state index contributed by atoms with van der Waals surface area (Å²) < 4.78 is 20.3. The number of halogens is 2. The van der Waals surface area contributed by atoms with Crippen LogP contribution in [-0.2, 0) is 6.42 Å². The molecule has 1 aliphatic rings. The Hall–Kier alpha value is -1.39. The highest BCUT2D eigenvalue weighted by molar-refractivity contribution is 9.10. The van der Waals surface area contributed by atoms with Gasteiger partial charge in [-0.15, -0.1) is 0 Å². The van der Waals surface area contributed by atoms with Gasteiger partial charge >= 0.3 is 0 Å². The number of hydrogen-bond donors (Lipinski definition) is 1. The van der Waals surface area contributed by atoms with Gasteiger partial charge in [-0.1, -0.05) is 40.2 Å². The van der Waals surface area contributed by atoms with Gasteiger partial charge in [0.1, 0.15) is 11.6 Å². The molecule has 1 aliphatic heterocycles. The highest BCUT2D eigenvalue weighted by atomic mass is 79.9. The summed E-state index contributed by atoms with van der Waals surface area (Å²) in [5, 5.41) is 0. The van der Waals surface area contributed by atoms with Gasteiger partial charge in [0.05, 0.1) is 12.6 Å². The summed E-state index contributed by atoms with van der Waals surface area (Å²) in [5.74, 6) is 0.509. The summed E-state index contributed by atoms with van der Waals surface area (Å²) in [6.07, 6.45) is 0.888. The van der Waals surface area contributed by atoms with Crippen molar-refractivity contribution in [2.45, 2.75) is 12.5 Å². The van der Waals surface area contributed by atoms with Gasteiger partial charge in [0, 0.05) is 22.0 Å². The van der Waals surface area contributed by atoms with Crippen molar-refractivity contribution in [3.8, 4) is 5.75 Å². The number of nitrogens with two attached hydrogens (primary N) is 1. The van der Waals surface area contributed by atoms with Crippen LogP contribution in [-0.4, -0.2) is 6.61 Å². The third kappa shape index (κ3) is 2.26. The minimum Gasteiger partial charge on any atom is -0.493 e. The molecular weight excluding hydrogens is 309 g/mol. The Kier molecular flexibility index (Phi) is 3.29. The van der Waals surface area contributed by atoms with Crippen LogP contribution in [0, 0.1) is 5.82 Å². The number of para-hydroxylation sites is 1. The summed E-state index contributed by atoms with van der Waals surface area (Å²) in [7, 11) is 0. The largest absolute Gasteiger partial charge is 0.493 e. The van der Waals surface area contributed by atoms with Gasteiger partial charge < -0.3 is 10.5 Å². The highest BCUT2D eigenvalue weighted by Crippen LogP contribution is 2.35. The smallest absolute Gasteiger partial charge is 0.129 e. The van der Waals surface area contributed by atoms with Crippen molar-refractivity contribution in [1.82, 2.24) is 0 Å². The van der Waals surface area contributed by atoms with Gasteiger partial charge in [-0.2, -0.15) is 0 Å². The van der Waals surface area contributed by atoms with Crippen LogP contribution in [0.25, 0.3) is 0 Å². The van der Waals surface area contributed by atoms with Crippen molar-refractivity contribution in [2.75, 3.05) is 6.61 Å². The Balaban J connectivity index is 2.05. The Morgan fingerprint density at radius 1 is 1.21 bits per heavy atom. The summed E-state index contributed by atoms with van der Waals surface area (Å²) in [4.78, 5) is 0. The molecule has 19 heavy (non-hydrogen) atoms. The van der Waals surface area contributed by atoms with Crippen LogP contribution in [0.4, 0.5) is 4.39 Å². The summed E-state index contributed by atoms with van der Waals surface area (Å²) in [6, 6.07) is 10.3. The maximum atomic E-state index is 14.0. The molecule has 2 aromatic carbocycles. The number of ether oxygens (including phenoxy) is 1. The first-order chi connectivity index (χ1) is 9.16. The lowest BCUT2D eigenvalue weighted by atomic mass is 9.96. The fraction of sp³-hybridized carbons (Fsp3) is 0.200. The molecule has 3 rings (SSSR count). The number of hydrogen-bond acceptors (Lipinski definition) is 2. The molecule has 1 atom stereocenters. The minimum atomic E-state index is -0.513. The van der Waals surface area contributed by atoms with Crippen molar-refractivity contribution < 1.29 is 9.13 Å². The van der Waals surface area contributed by atoms with Crippen molar-refractivity contribution in [2.24, 2.45) is 5.73 Å². The molecule has 0 aromatic heterocycles. The lowest BCUT2D eigenvalue weighted by molar-refractivity contribution is 0.352. The molecule has 4 heteroatoms. The van der Waals surface area contributed by atoms with Crippen molar-refractivity contribution in [1.29, 1.82) is 0 Å². The van der Waals surface area contributed by atoms with Crippen LogP contribution < -0.4 is 10.5 Å². The zero-order valence-corrected chi connectivity index (χ0v) is 11.8. The van der Waals surface area contributed by atoms with Crippen molar-refractivity contribution >= 4 is 15.9 Å². The second kappa shape index (κ2) is 4.94. The topological polar surface area (TPSA) is 35.2 Å². The van der Waals surface area contributed by atoms with Crippen LogP contribution in [0.3, 0.4) is 0 Å². The van der Waals surface area contributed by atoms with Crippen LogP contribution in [0.1, 0.15) is 22.7 Å². The fourth-order valence-electron chi connectivity index (χ4n) is 2.41. The quantitative estimate of drug-likeness (QED) is 0.917. The van der Waals surface area contributed by atoms with Crippen LogP contribution >= 0.6 is 15.9 Å². The van der Waals surface area contributed by atoms with Crippen LogP contribution in [0.5, 0.6) is 5.75 Å². The molecule has 0 amide bonds. The fourth-order valence-corrected chi connectivity index (χ4v) is 2.74. The predicted octanol–water partition coefficient (Wildman–Crippen LogP) is 3.57. The van der Waals surface area contributed by atoms with Gasteiger partial charge in [-0.05, 0) is 17.7 Å². The van der Waals surface area contributed by atoms with Crippen molar-refractivity contribution in [3.05, 3.63) is 63.4 Å². The monoisotopic (exact) mass is 321 g/mol. The van der Waals surface area contributed by atoms with Gasteiger partial charge in [0.2, 0.25) is 0 Å². The first kappa shape index (κ1) is 12.6. The van der Waals surface area contributed by atoms with E-state index in [1.807, 2.05) is 18.2 Å². The lowest BCUT2D eigenvalue weighted by Crippen LogP contribution is -2.14. The second-order valence-electron chi connectivity index (χ2n) is 4.58. The average molecular weight is 322 g/mol. The first-order valence-electron chi connectivity index (χ1n) is 6.12. The van der Waals surface area contributed by atoms with E-state index < -0.39 is 6.04 Å². The number of fused-ring (bicyclic) bond motifs is 1. The Labute approximate surface area is 119 Å². The molecule has 0 bridgehead atoms. The Bertz CT molecular complexity index is 630. The Morgan fingerprint density at radius 3 is 2.84 bits per heavy atom. The van der Waals surface area contributed by atoms with Crippen LogP contribution in [0.2, 0.25) is 0 Å². The normalized spacial score (nSPS) is 14.9. The predicted molar refractivity (Wildman–Crippen MR) is 75.8 cm³/mol. The molecule has 0 saturated carbocycles. The van der Waals surface area contributed by atoms with Crippen LogP contribution in [0.15, 0.2) is 40.9 Å². The maximum absolute atomic E-state index is 14.0. The second-order valence-corrected chi connectivity index (χ2v) is 5.49. The molecule has 0 fully saturated rings. The van der Waals surface area contributed by atoms with E-state index in [1.54, 1.807) is 12.1 Å². The van der Waals surface area contributed by atoms with Gasteiger partial charge in [0.25, 0.3) is 0 Å². The molecule has 98 valence electrons. The number of benzene rings is 2. The number of rotatable bonds is 2. The molecule has 0 aliphatic carbocycles. The van der Waals surface area contributed by atoms with E-state index in [9.17, 15) is 4.39 Å². The van der Waals surface area contributed by atoms with E-state index in [1.165, 1.54) is 6.07 Å². The minimum absolute atomic E-state index is 0.308. The van der Waals surface area contributed by atoms with E-state index in [0.717, 1.165) is 23.3 Å². The van der Waals surface area contributed by atoms with E-state index in [-0.39, 0.29) is 5.82 Å². The van der Waals surface area contributed by atoms with E-state index in [2.05, 4.69) is 15.9 Å². The molecular formula is C15H13BrFNO.